The number of hydrogen-bond donors (Lipinski definition) is 2. The molecule has 0 aromatic rings. The third kappa shape index (κ3) is 3.20. The standard InChI is InChI=1S/C13H24N2O2S/c1-4-13(5-2,11(14)18)12(16)15-10-6-7-17-9(3)8-10/h9-10H,4-8H2,1-3H3,(H2,14,18)(H,15,16). The Labute approximate surface area is 115 Å². The summed E-state index contributed by atoms with van der Waals surface area (Å²) in [4.78, 5) is 12.7. The zero-order valence-electron chi connectivity index (χ0n) is 11.5. The van der Waals surface area contributed by atoms with Crippen LogP contribution in [0, 0.1) is 5.41 Å². The lowest BCUT2D eigenvalue weighted by atomic mass is 9.81. The number of rotatable bonds is 5. The van der Waals surface area contributed by atoms with E-state index in [1.54, 1.807) is 0 Å². The van der Waals surface area contributed by atoms with Gasteiger partial charge in [-0.25, -0.2) is 0 Å². The summed E-state index contributed by atoms with van der Waals surface area (Å²) in [6.07, 6.45) is 3.20. The number of nitrogens with two attached hydrogens (primary N) is 1. The van der Waals surface area contributed by atoms with Crippen LogP contribution in [-0.4, -0.2) is 29.6 Å². The Balaban J connectivity index is 2.70. The summed E-state index contributed by atoms with van der Waals surface area (Å²) in [6.45, 7) is 6.63. The van der Waals surface area contributed by atoms with E-state index in [1.165, 1.54) is 0 Å². The Bertz CT molecular complexity index is 316. The highest BCUT2D eigenvalue weighted by molar-refractivity contribution is 7.80. The Kier molecular flexibility index (Phi) is 5.53. The Morgan fingerprint density at radius 3 is 2.56 bits per heavy atom. The largest absolute Gasteiger partial charge is 0.392 e. The first kappa shape index (κ1) is 15.4. The van der Waals surface area contributed by atoms with Crippen LogP contribution >= 0.6 is 12.2 Å². The SMILES string of the molecule is CCC(CC)(C(=O)NC1CCOC(C)C1)C(N)=S. The lowest BCUT2D eigenvalue weighted by Gasteiger charge is -2.34. The number of amides is 1. The van der Waals surface area contributed by atoms with Gasteiger partial charge in [0.25, 0.3) is 0 Å². The predicted molar refractivity (Wildman–Crippen MR) is 76.4 cm³/mol. The average Bonchev–Trinajstić information content (AvgIpc) is 2.30. The summed E-state index contributed by atoms with van der Waals surface area (Å²) in [5.74, 6) is -0.0286. The molecule has 1 saturated heterocycles. The van der Waals surface area contributed by atoms with Crippen LogP contribution in [0.4, 0.5) is 0 Å². The summed E-state index contributed by atoms with van der Waals surface area (Å²) in [6, 6.07) is 0.174. The molecule has 0 spiro atoms. The van der Waals surface area contributed by atoms with E-state index >= 15 is 0 Å². The molecule has 3 N–H and O–H groups in total. The van der Waals surface area contributed by atoms with E-state index in [2.05, 4.69) is 5.32 Å². The fraction of sp³-hybridized carbons (Fsp3) is 0.846. The van der Waals surface area contributed by atoms with Gasteiger partial charge in [0.15, 0.2) is 0 Å². The third-order valence-corrected chi connectivity index (χ3v) is 4.32. The van der Waals surface area contributed by atoms with E-state index in [0.29, 0.717) is 24.4 Å². The van der Waals surface area contributed by atoms with E-state index in [0.717, 1.165) is 12.8 Å². The van der Waals surface area contributed by atoms with Crippen molar-refractivity contribution in [1.29, 1.82) is 0 Å². The fourth-order valence-electron chi connectivity index (χ4n) is 2.48. The molecule has 0 aromatic heterocycles. The first-order chi connectivity index (χ1) is 8.46. The van der Waals surface area contributed by atoms with Crippen LogP contribution in [0.2, 0.25) is 0 Å². The number of hydrogen-bond acceptors (Lipinski definition) is 3. The molecule has 1 amide bonds. The molecular formula is C13H24N2O2S. The fourth-order valence-corrected chi connectivity index (χ4v) is 2.87. The lowest BCUT2D eigenvalue weighted by molar-refractivity contribution is -0.129. The van der Waals surface area contributed by atoms with Crippen molar-refractivity contribution in [2.24, 2.45) is 11.1 Å². The molecule has 0 bridgehead atoms. The zero-order valence-corrected chi connectivity index (χ0v) is 12.3. The van der Waals surface area contributed by atoms with Gasteiger partial charge in [0.1, 0.15) is 0 Å². The molecule has 4 nitrogen and oxygen atoms in total. The number of nitrogens with one attached hydrogen (secondary N) is 1. The van der Waals surface area contributed by atoms with Crippen LogP contribution in [0.1, 0.15) is 46.5 Å². The molecule has 2 atom stereocenters. The molecule has 2 unspecified atom stereocenters. The summed E-state index contributed by atoms with van der Waals surface area (Å²) in [7, 11) is 0. The van der Waals surface area contributed by atoms with Crippen molar-refractivity contribution in [3.8, 4) is 0 Å². The normalized spacial score (nSPS) is 24.6. The first-order valence-electron chi connectivity index (χ1n) is 6.68. The molecule has 1 rings (SSSR count). The maximum absolute atomic E-state index is 12.4. The molecule has 104 valence electrons. The van der Waals surface area contributed by atoms with Crippen molar-refractivity contribution in [2.45, 2.75) is 58.6 Å². The summed E-state index contributed by atoms with van der Waals surface area (Å²) in [5.41, 5.74) is 5.07. The molecule has 0 saturated carbocycles. The monoisotopic (exact) mass is 272 g/mol. The van der Waals surface area contributed by atoms with Gasteiger partial charge in [-0.1, -0.05) is 26.1 Å². The van der Waals surface area contributed by atoms with E-state index in [4.69, 9.17) is 22.7 Å². The smallest absolute Gasteiger partial charge is 0.233 e. The molecule has 18 heavy (non-hydrogen) atoms. The van der Waals surface area contributed by atoms with E-state index < -0.39 is 5.41 Å². The number of thiocarbonyl (C=S) groups is 1. The van der Waals surface area contributed by atoms with Gasteiger partial charge in [0.05, 0.1) is 16.5 Å². The molecule has 1 fully saturated rings. The van der Waals surface area contributed by atoms with Gasteiger partial charge in [-0.05, 0) is 32.6 Å². The van der Waals surface area contributed by atoms with Crippen LogP contribution in [0.5, 0.6) is 0 Å². The Morgan fingerprint density at radius 1 is 1.50 bits per heavy atom. The van der Waals surface area contributed by atoms with Gasteiger partial charge in [0, 0.05) is 12.6 Å². The second-order valence-corrected chi connectivity index (χ2v) is 5.47. The van der Waals surface area contributed by atoms with Gasteiger partial charge in [-0.2, -0.15) is 0 Å². The van der Waals surface area contributed by atoms with E-state index in [1.807, 2.05) is 20.8 Å². The van der Waals surface area contributed by atoms with Crippen molar-refractivity contribution in [3.63, 3.8) is 0 Å². The lowest BCUT2D eigenvalue weighted by Crippen LogP contribution is -2.52. The highest BCUT2D eigenvalue weighted by Gasteiger charge is 2.39. The van der Waals surface area contributed by atoms with Crippen LogP contribution in [-0.2, 0) is 9.53 Å². The van der Waals surface area contributed by atoms with Gasteiger partial charge in [0.2, 0.25) is 5.91 Å². The number of carbonyl (C=O) groups excluding carboxylic acids is 1. The molecule has 1 aliphatic rings. The maximum Gasteiger partial charge on any atom is 0.233 e. The van der Waals surface area contributed by atoms with Gasteiger partial charge >= 0.3 is 0 Å². The first-order valence-corrected chi connectivity index (χ1v) is 7.09. The second-order valence-electron chi connectivity index (χ2n) is 5.03. The van der Waals surface area contributed by atoms with Crippen LogP contribution < -0.4 is 11.1 Å². The zero-order chi connectivity index (χ0) is 13.8. The molecular weight excluding hydrogens is 248 g/mol. The van der Waals surface area contributed by atoms with Gasteiger partial charge in [-0.3, -0.25) is 4.79 Å². The van der Waals surface area contributed by atoms with Crippen LogP contribution in [0.25, 0.3) is 0 Å². The summed E-state index contributed by atoms with van der Waals surface area (Å²) >= 11 is 5.09. The molecule has 1 aliphatic heterocycles. The van der Waals surface area contributed by atoms with E-state index in [9.17, 15) is 4.79 Å². The van der Waals surface area contributed by atoms with Crippen molar-refractivity contribution in [2.75, 3.05) is 6.61 Å². The average molecular weight is 272 g/mol. The quantitative estimate of drug-likeness (QED) is 0.749. The van der Waals surface area contributed by atoms with Crippen LogP contribution in [0.15, 0.2) is 0 Å². The molecule has 5 heteroatoms. The minimum absolute atomic E-state index is 0.0286. The number of carbonyl (C=O) groups is 1. The summed E-state index contributed by atoms with van der Waals surface area (Å²) < 4.78 is 5.47. The van der Waals surface area contributed by atoms with E-state index in [-0.39, 0.29) is 18.1 Å². The minimum Gasteiger partial charge on any atom is -0.392 e. The van der Waals surface area contributed by atoms with Gasteiger partial charge < -0.3 is 15.8 Å². The Hall–Kier alpha value is -0.680. The topological polar surface area (TPSA) is 64.3 Å². The van der Waals surface area contributed by atoms with Crippen molar-refractivity contribution in [1.82, 2.24) is 5.32 Å². The minimum atomic E-state index is -0.698. The molecule has 0 aliphatic carbocycles. The Morgan fingerprint density at radius 2 is 2.11 bits per heavy atom. The van der Waals surface area contributed by atoms with Crippen molar-refractivity contribution < 1.29 is 9.53 Å². The van der Waals surface area contributed by atoms with Gasteiger partial charge in [-0.15, -0.1) is 0 Å². The van der Waals surface area contributed by atoms with Crippen molar-refractivity contribution >= 4 is 23.1 Å². The maximum atomic E-state index is 12.4. The molecule has 0 aromatic carbocycles. The van der Waals surface area contributed by atoms with Crippen LogP contribution in [0.3, 0.4) is 0 Å². The number of ether oxygens (including phenoxy) is 1. The molecule has 0 radical (unpaired) electrons. The molecule has 1 heterocycles. The highest BCUT2D eigenvalue weighted by Crippen LogP contribution is 2.28. The second kappa shape index (κ2) is 6.48. The predicted octanol–water partition coefficient (Wildman–Crippen LogP) is 1.76. The summed E-state index contributed by atoms with van der Waals surface area (Å²) in [5, 5.41) is 3.09. The third-order valence-electron chi connectivity index (χ3n) is 3.93. The van der Waals surface area contributed by atoms with Crippen molar-refractivity contribution in [3.05, 3.63) is 0 Å². The highest BCUT2D eigenvalue weighted by atomic mass is 32.1.